The van der Waals surface area contributed by atoms with E-state index < -0.39 is 11.2 Å². The molecule has 3 aromatic rings. The summed E-state index contributed by atoms with van der Waals surface area (Å²) in [6, 6.07) is 8.32. The highest BCUT2D eigenvalue weighted by Gasteiger charge is 2.30. The van der Waals surface area contributed by atoms with Gasteiger partial charge in [0.25, 0.3) is 11.8 Å². The van der Waals surface area contributed by atoms with Crippen molar-refractivity contribution in [2.45, 2.75) is 30.3 Å². The van der Waals surface area contributed by atoms with Crippen LogP contribution in [-0.4, -0.2) is 60.4 Å². The van der Waals surface area contributed by atoms with Crippen LogP contribution < -0.4 is 5.32 Å². The summed E-state index contributed by atoms with van der Waals surface area (Å²) in [5.74, 6) is 0.488. The third-order valence-electron chi connectivity index (χ3n) is 5.12. The summed E-state index contributed by atoms with van der Waals surface area (Å²) < 4.78 is 13.2. The summed E-state index contributed by atoms with van der Waals surface area (Å²) in [7, 11) is 1.80. The van der Waals surface area contributed by atoms with Crippen molar-refractivity contribution >= 4 is 34.6 Å². The summed E-state index contributed by atoms with van der Waals surface area (Å²) in [6.07, 6.45) is 6.47. The van der Waals surface area contributed by atoms with E-state index in [0.29, 0.717) is 38.7 Å². The normalized spacial score (nSPS) is 14.1. The molecule has 2 amide bonds. The second kappa shape index (κ2) is 9.27. The van der Waals surface area contributed by atoms with Gasteiger partial charge in [-0.15, -0.1) is 0 Å². The molecule has 1 N–H and O–H groups in total. The number of aromatic nitrogens is 4. The lowest BCUT2D eigenvalue weighted by molar-refractivity contribution is 0.0784. The molecule has 1 unspecified atom stereocenters. The summed E-state index contributed by atoms with van der Waals surface area (Å²) in [4.78, 5) is 35.8. The highest BCUT2D eigenvalue weighted by molar-refractivity contribution is 7.90. The molecular weight excluding hydrogens is 452 g/mol. The maximum absolute atomic E-state index is 12.6. The molecule has 0 bridgehead atoms. The lowest BCUT2D eigenvalue weighted by Crippen LogP contribution is -2.28. The van der Waals surface area contributed by atoms with Gasteiger partial charge >= 0.3 is 0 Å². The first-order valence-electron chi connectivity index (χ1n) is 9.88. The van der Waals surface area contributed by atoms with Crippen molar-refractivity contribution in [2.75, 3.05) is 13.3 Å². The number of hydrogen-bond donors (Lipinski definition) is 1. The van der Waals surface area contributed by atoms with Crippen LogP contribution >= 0.6 is 11.6 Å². The second-order valence-corrected chi connectivity index (χ2v) is 9.27. The molecule has 0 aliphatic heterocycles. The Balaban J connectivity index is 1.45. The van der Waals surface area contributed by atoms with E-state index in [-0.39, 0.29) is 18.4 Å². The highest BCUT2D eigenvalue weighted by atomic mass is 35.5. The minimum atomic E-state index is -1.26. The summed E-state index contributed by atoms with van der Waals surface area (Å²) >= 11 is 4.78. The fourth-order valence-electron chi connectivity index (χ4n) is 3.17. The first-order valence-corrected chi connectivity index (χ1v) is 11.8. The molecule has 2 heterocycles. The fraction of sp³-hybridized carbons (Fsp3) is 0.286. The topological polar surface area (TPSA) is 116 Å². The van der Waals surface area contributed by atoms with E-state index in [9.17, 15) is 14.1 Å². The van der Waals surface area contributed by atoms with E-state index in [2.05, 4.69) is 20.4 Å². The number of carbonyl (C=O) groups is 2. The monoisotopic (exact) mass is 472 g/mol. The summed E-state index contributed by atoms with van der Waals surface area (Å²) in [6.45, 7) is 0.0860. The molecule has 9 nitrogen and oxygen atoms in total. The second-order valence-electron chi connectivity index (χ2n) is 7.45. The first-order chi connectivity index (χ1) is 15.3. The zero-order valence-corrected chi connectivity index (χ0v) is 19.1. The predicted octanol–water partition coefficient (Wildman–Crippen LogP) is 2.22. The molecular formula is C21H21ClN6O3S. The number of rotatable bonds is 7. The number of halogens is 1. The average Bonchev–Trinajstić information content (AvgIpc) is 3.53. The average molecular weight is 473 g/mol. The Kier molecular flexibility index (Phi) is 6.45. The Bertz CT molecular complexity index is 1150. The van der Waals surface area contributed by atoms with E-state index in [1.807, 2.05) is 0 Å². The Morgan fingerprint density at radius 2 is 2.03 bits per heavy atom. The summed E-state index contributed by atoms with van der Waals surface area (Å²) in [5, 5.41) is 7.26. The molecule has 0 spiro atoms. The van der Waals surface area contributed by atoms with E-state index in [0.717, 1.165) is 12.8 Å². The van der Waals surface area contributed by atoms with Gasteiger partial charge in [0, 0.05) is 42.0 Å². The van der Waals surface area contributed by atoms with Crippen LogP contribution in [-0.2, 0) is 17.7 Å². The molecule has 1 saturated carbocycles. The minimum Gasteiger partial charge on any atom is -0.612 e. The van der Waals surface area contributed by atoms with Gasteiger partial charge in [0.15, 0.2) is 16.5 Å². The van der Waals surface area contributed by atoms with Crippen molar-refractivity contribution in [1.82, 2.24) is 30.0 Å². The predicted molar refractivity (Wildman–Crippen MR) is 119 cm³/mol. The van der Waals surface area contributed by atoms with E-state index in [4.69, 9.17) is 11.6 Å². The number of carbonyl (C=O) groups excluding carboxylic acids is 2. The van der Waals surface area contributed by atoms with Crippen LogP contribution in [0.2, 0.25) is 5.02 Å². The number of amides is 2. The van der Waals surface area contributed by atoms with Crippen LogP contribution in [0.3, 0.4) is 0 Å². The fourth-order valence-corrected chi connectivity index (χ4v) is 4.05. The molecule has 11 heteroatoms. The van der Waals surface area contributed by atoms with Crippen LogP contribution in [0, 0.1) is 0 Å². The molecule has 0 radical (unpaired) electrons. The molecule has 166 valence electrons. The van der Waals surface area contributed by atoms with Crippen LogP contribution in [0.5, 0.6) is 0 Å². The largest absolute Gasteiger partial charge is 0.612 e. The van der Waals surface area contributed by atoms with Gasteiger partial charge in [-0.2, -0.15) is 9.78 Å². The van der Waals surface area contributed by atoms with E-state index >= 15 is 0 Å². The van der Waals surface area contributed by atoms with Gasteiger partial charge in [0.05, 0.1) is 12.1 Å². The Labute approximate surface area is 193 Å². The standard InChI is InChI=1S/C21H21ClN6O3S/c1-27(16-4-5-16)21(30)13-3-6-18(23-10-13)28-19(25-12-26-28)11-24-20(29)14-7-15(22)9-17(8-14)32(2)31/h3,6-10,12,16H,4-5,11H2,1-2H3,(H,24,29). The van der Waals surface area contributed by atoms with Crippen molar-refractivity contribution in [3.8, 4) is 5.82 Å². The van der Waals surface area contributed by atoms with Gasteiger partial charge in [0.2, 0.25) is 0 Å². The third kappa shape index (κ3) is 4.93. The number of benzene rings is 1. The van der Waals surface area contributed by atoms with Crippen molar-refractivity contribution < 1.29 is 14.1 Å². The maximum Gasteiger partial charge on any atom is 0.255 e. The smallest absolute Gasteiger partial charge is 0.255 e. The van der Waals surface area contributed by atoms with Gasteiger partial charge in [-0.25, -0.2) is 9.97 Å². The van der Waals surface area contributed by atoms with Crippen LogP contribution in [0.1, 0.15) is 39.4 Å². The van der Waals surface area contributed by atoms with Crippen LogP contribution in [0.25, 0.3) is 5.82 Å². The number of pyridine rings is 1. The van der Waals surface area contributed by atoms with E-state index in [1.165, 1.54) is 35.6 Å². The Morgan fingerprint density at radius 3 is 2.69 bits per heavy atom. The van der Waals surface area contributed by atoms with Gasteiger partial charge in [0.1, 0.15) is 12.6 Å². The molecule has 1 fully saturated rings. The molecule has 0 saturated heterocycles. The molecule has 32 heavy (non-hydrogen) atoms. The van der Waals surface area contributed by atoms with Crippen molar-refractivity contribution in [2.24, 2.45) is 0 Å². The molecule has 2 aromatic heterocycles. The molecule has 1 atom stereocenters. The van der Waals surface area contributed by atoms with Gasteiger partial charge in [-0.3, -0.25) is 9.59 Å². The van der Waals surface area contributed by atoms with Crippen LogP contribution in [0.4, 0.5) is 0 Å². The van der Waals surface area contributed by atoms with Crippen LogP contribution in [0.15, 0.2) is 47.8 Å². The quantitative estimate of drug-likeness (QED) is 0.527. The summed E-state index contributed by atoms with van der Waals surface area (Å²) in [5.41, 5.74) is 0.803. The Hall–Kier alpha value is -2.95. The van der Waals surface area contributed by atoms with Crippen molar-refractivity contribution in [3.05, 3.63) is 64.8 Å². The van der Waals surface area contributed by atoms with E-state index in [1.54, 1.807) is 30.1 Å². The molecule has 1 aromatic carbocycles. The number of hydrogen-bond acceptors (Lipinski definition) is 6. The number of nitrogens with one attached hydrogen (secondary N) is 1. The zero-order chi connectivity index (χ0) is 22.8. The van der Waals surface area contributed by atoms with Gasteiger partial charge in [-0.1, -0.05) is 11.6 Å². The van der Waals surface area contributed by atoms with Gasteiger partial charge in [-0.05, 0) is 42.2 Å². The SMILES string of the molecule is CN(C(=O)c1ccc(-n2ncnc2CNC(=O)c2cc(Cl)cc([S+](C)[O-])c2)nc1)C1CC1. The van der Waals surface area contributed by atoms with Gasteiger partial charge < -0.3 is 14.8 Å². The van der Waals surface area contributed by atoms with Crippen molar-refractivity contribution in [3.63, 3.8) is 0 Å². The molecule has 1 aliphatic rings. The van der Waals surface area contributed by atoms with Crippen molar-refractivity contribution in [1.29, 1.82) is 0 Å². The minimum absolute atomic E-state index is 0.0634. The molecule has 1 aliphatic carbocycles. The zero-order valence-electron chi connectivity index (χ0n) is 17.5. The highest BCUT2D eigenvalue weighted by Crippen LogP contribution is 2.26. The number of nitrogens with zero attached hydrogens (tertiary/aromatic N) is 5. The first kappa shape index (κ1) is 22.3. The lowest BCUT2D eigenvalue weighted by Gasteiger charge is -2.16. The maximum atomic E-state index is 12.6. The Morgan fingerprint density at radius 1 is 1.25 bits per heavy atom. The third-order valence-corrected chi connectivity index (χ3v) is 6.24. The lowest BCUT2D eigenvalue weighted by atomic mass is 10.2. The molecule has 4 rings (SSSR count).